The number of unbranched alkanes of at least 4 members (excludes halogenated alkanes) is 2. The summed E-state index contributed by atoms with van der Waals surface area (Å²) in [4.78, 5) is 32.9. The first-order valence-corrected chi connectivity index (χ1v) is 7.16. The summed E-state index contributed by atoms with van der Waals surface area (Å²) < 4.78 is 4.53. The number of hydrogen-bond acceptors (Lipinski definition) is 4. The van der Waals surface area contributed by atoms with E-state index in [1.165, 1.54) is 7.11 Å². The highest BCUT2D eigenvalue weighted by Crippen LogP contribution is 2.31. The molecule has 1 rings (SSSR count). The zero-order valence-corrected chi connectivity index (χ0v) is 12.4. The molecule has 0 aromatic rings. The van der Waals surface area contributed by atoms with Crippen molar-refractivity contribution in [1.29, 1.82) is 0 Å². The van der Waals surface area contributed by atoms with Gasteiger partial charge in [0.05, 0.1) is 7.11 Å². The molecule has 1 aliphatic carbocycles. The van der Waals surface area contributed by atoms with Crippen molar-refractivity contribution in [2.75, 3.05) is 7.11 Å². The van der Waals surface area contributed by atoms with E-state index in [0.717, 1.165) is 6.42 Å². The highest BCUT2D eigenvalue weighted by Gasteiger charge is 2.44. The Balaban J connectivity index is 2.32. The monoisotopic (exact) mass is 298 g/mol. The summed E-state index contributed by atoms with van der Waals surface area (Å²) in [6.45, 7) is 0. The lowest BCUT2D eigenvalue weighted by Crippen LogP contribution is -2.43. The van der Waals surface area contributed by atoms with Crippen molar-refractivity contribution in [3.8, 4) is 11.8 Å². The molecule has 0 bridgehead atoms. The van der Waals surface area contributed by atoms with Gasteiger partial charge in [0.25, 0.3) is 0 Å². The standard InChI is InChI=1S/C15H19ClO4/c1-20-14(19)10-5-3-2-4-6-11-15(16)12(17)8-7-9-13(15)18/h2-3,5,7-11H2,1H3. The Morgan fingerprint density at radius 2 is 1.90 bits per heavy atom. The number of ketones is 2. The Kier molecular flexibility index (Phi) is 6.74. The van der Waals surface area contributed by atoms with E-state index >= 15 is 0 Å². The predicted molar refractivity (Wildman–Crippen MR) is 75.3 cm³/mol. The first kappa shape index (κ1) is 16.7. The minimum atomic E-state index is -1.42. The normalized spacial score (nSPS) is 17.3. The molecule has 0 atom stereocenters. The molecule has 5 heteroatoms. The molecule has 0 aromatic carbocycles. The fourth-order valence-corrected chi connectivity index (χ4v) is 2.27. The minimum Gasteiger partial charge on any atom is -0.469 e. The van der Waals surface area contributed by atoms with Crippen LogP contribution in [0.2, 0.25) is 0 Å². The van der Waals surface area contributed by atoms with Crippen molar-refractivity contribution in [2.45, 2.75) is 56.2 Å². The largest absolute Gasteiger partial charge is 0.469 e. The average molecular weight is 299 g/mol. The van der Waals surface area contributed by atoms with Gasteiger partial charge < -0.3 is 4.74 Å². The highest BCUT2D eigenvalue weighted by atomic mass is 35.5. The van der Waals surface area contributed by atoms with Crippen molar-refractivity contribution in [2.24, 2.45) is 0 Å². The van der Waals surface area contributed by atoms with Crippen molar-refractivity contribution in [3.63, 3.8) is 0 Å². The summed E-state index contributed by atoms with van der Waals surface area (Å²) in [5.74, 6) is 5.07. The maximum atomic E-state index is 11.7. The van der Waals surface area contributed by atoms with Gasteiger partial charge in [-0.3, -0.25) is 14.4 Å². The molecule has 0 spiro atoms. The molecule has 4 nitrogen and oxygen atoms in total. The van der Waals surface area contributed by atoms with E-state index in [4.69, 9.17) is 11.6 Å². The van der Waals surface area contributed by atoms with E-state index in [1.807, 2.05) is 0 Å². The van der Waals surface area contributed by atoms with Crippen LogP contribution in [-0.4, -0.2) is 29.5 Å². The molecule has 0 radical (unpaired) electrons. The zero-order chi connectivity index (χ0) is 15.0. The van der Waals surface area contributed by atoms with Crippen LogP contribution in [0.4, 0.5) is 0 Å². The topological polar surface area (TPSA) is 60.4 Å². The van der Waals surface area contributed by atoms with Crippen molar-refractivity contribution in [3.05, 3.63) is 0 Å². The molecule has 0 aliphatic heterocycles. The van der Waals surface area contributed by atoms with Crippen LogP contribution in [0.15, 0.2) is 0 Å². The highest BCUT2D eigenvalue weighted by molar-refractivity contribution is 6.47. The van der Waals surface area contributed by atoms with Crippen LogP contribution in [0.5, 0.6) is 0 Å². The molecule has 1 aliphatic rings. The second-order valence-corrected chi connectivity index (χ2v) is 5.46. The number of hydrogen-bond donors (Lipinski definition) is 0. The summed E-state index contributed by atoms with van der Waals surface area (Å²) in [5.41, 5.74) is 0. The third kappa shape index (κ3) is 4.64. The van der Waals surface area contributed by atoms with Gasteiger partial charge in [-0.15, -0.1) is 23.4 Å². The number of esters is 1. The van der Waals surface area contributed by atoms with Gasteiger partial charge in [0.1, 0.15) is 0 Å². The average Bonchev–Trinajstić information content (AvgIpc) is 2.43. The van der Waals surface area contributed by atoms with Crippen LogP contribution < -0.4 is 0 Å². The number of alkyl halides is 1. The van der Waals surface area contributed by atoms with E-state index in [9.17, 15) is 14.4 Å². The SMILES string of the molecule is COC(=O)CCCCC#CCC1(Cl)C(=O)CCCC1=O. The number of carbonyl (C=O) groups excluding carboxylic acids is 3. The Labute approximate surface area is 124 Å². The number of ether oxygens (including phenoxy) is 1. The van der Waals surface area contributed by atoms with Crippen LogP contribution in [0.1, 0.15) is 51.4 Å². The number of rotatable bonds is 5. The Hall–Kier alpha value is -1.34. The van der Waals surface area contributed by atoms with Crippen LogP contribution in [0.3, 0.4) is 0 Å². The van der Waals surface area contributed by atoms with Gasteiger partial charge in [0, 0.05) is 32.1 Å². The molecule has 1 saturated carbocycles. The lowest BCUT2D eigenvalue weighted by atomic mass is 9.84. The Bertz CT molecular complexity index is 429. The molecule has 0 aromatic heterocycles. The number of methoxy groups -OCH3 is 1. The van der Waals surface area contributed by atoms with Crippen molar-refractivity contribution in [1.82, 2.24) is 0 Å². The number of carbonyl (C=O) groups is 3. The lowest BCUT2D eigenvalue weighted by molar-refractivity contribution is -0.140. The summed E-state index contributed by atoms with van der Waals surface area (Å²) in [7, 11) is 1.36. The molecule has 20 heavy (non-hydrogen) atoms. The minimum absolute atomic E-state index is 0.0865. The lowest BCUT2D eigenvalue weighted by Gasteiger charge is -2.25. The van der Waals surface area contributed by atoms with E-state index in [0.29, 0.717) is 38.5 Å². The van der Waals surface area contributed by atoms with Gasteiger partial charge in [-0.1, -0.05) is 0 Å². The molecular formula is C15H19ClO4. The zero-order valence-electron chi connectivity index (χ0n) is 11.7. The van der Waals surface area contributed by atoms with Gasteiger partial charge in [-0.25, -0.2) is 0 Å². The van der Waals surface area contributed by atoms with Gasteiger partial charge in [-0.2, -0.15) is 0 Å². The summed E-state index contributed by atoms with van der Waals surface area (Å²) in [5, 5.41) is 0. The van der Waals surface area contributed by atoms with Crippen LogP contribution in [0, 0.1) is 11.8 Å². The predicted octanol–water partition coefficient (Wildman–Crippen LogP) is 2.41. The van der Waals surface area contributed by atoms with E-state index < -0.39 is 4.87 Å². The van der Waals surface area contributed by atoms with Gasteiger partial charge in [0.2, 0.25) is 0 Å². The van der Waals surface area contributed by atoms with Gasteiger partial charge in [0.15, 0.2) is 16.4 Å². The molecule has 0 heterocycles. The van der Waals surface area contributed by atoms with E-state index in [1.54, 1.807) is 0 Å². The van der Waals surface area contributed by atoms with Gasteiger partial charge >= 0.3 is 5.97 Å². The second-order valence-electron chi connectivity index (χ2n) is 4.81. The van der Waals surface area contributed by atoms with E-state index in [-0.39, 0.29) is 24.0 Å². The number of halogens is 1. The Morgan fingerprint density at radius 1 is 1.25 bits per heavy atom. The first-order chi connectivity index (χ1) is 9.50. The third-order valence-corrected chi connectivity index (χ3v) is 3.86. The fourth-order valence-electron chi connectivity index (χ4n) is 2.02. The summed E-state index contributed by atoms with van der Waals surface area (Å²) >= 11 is 6.11. The number of Topliss-reactive ketones (excluding diaryl/α,β-unsaturated/α-hetero) is 2. The third-order valence-electron chi connectivity index (χ3n) is 3.31. The smallest absolute Gasteiger partial charge is 0.305 e. The van der Waals surface area contributed by atoms with Crippen LogP contribution >= 0.6 is 11.6 Å². The Morgan fingerprint density at radius 3 is 2.50 bits per heavy atom. The van der Waals surface area contributed by atoms with E-state index in [2.05, 4.69) is 16.6 Å². The molecule has 110 valence electrons. The quantitative estimate of drug-likeness (QED) is 0.257. The second kappa shape index (κ2) is 8.06. The molecule has 0 unspecified atom stereocenters. The maximum absolute atomic E-state index is 11.7. The van der Waals surface area contributed by atoms with Crippen molar-refractivity contribution < 1.29 is 19.1 Å². The van der Waals surface area contributed by atoms with Crippen LogP contribution in [-0.2, 0) is 19.1 Å². The molecule has 0 saturated heterocycles. The van der Waals surface area contributed by atoms with Gasteiger partial charge in [-0.05, 0) is 19.3 Å². The summed E-state index contributed by atoms with van der Waals surface area (Å²) in [6, 6.07) is 0. The first-order valence-electron chi connectivity index (χ1n) is 6.79. The summed E-state index contributed by atoms with van der Waals surface area (Å²) in [6.07, 6.45) is 3.88. The molecule has 0 N–H and O–H groups in total. The maximum Gasteiger partial charge on any atom is 0.305 e. The molecule has 0 amide bonds. The molecule has 1 fully saturated rings. The molecular weight excluding hydrogens is 280 g/mol. The van der Waals surface area contributed by atoms with Crippen LogP contribution in [0.25, 0.3) is 0 Å². The fraction of sp³-hybridized carbons (Fsp3) is 0.667. The van der Waals surface area contributed by atoms with Crippen molar-refractivity contribution >= 4 is 29.1 Å².